The third-order valence-electron chi connectivity index (χ3n) is 4.67. The minimum atomic E-state index is 0.145. The van der Waals surface area contributed by atoms with Gasteiger partial charge in [-0.05, 0) is 32.0 Å². The highest BCUT2D eigenvalue weighted by Crippen LogP contribution is 2.43. The van der Waals surface area contributed by atoms with Crippen LogP contribution < -0.4 is 4.90 Å². The van der Waals surface area contributed by atoms with Gasteiger partial charge in [0.05, 0.1) is 11.5 Å². The van der Waals surface area contributed by atoms with E-state index in [0.29, 0.717) is 6.42 Å². The number of amides is 1. The van der Waals surface area contributed by atoms with Crippen molar-refractivity contribution in [3.8, 4) is 0 Å². The average Bonchev–Trinajstić information content (AvgIpc) is 3.22. The Labute approximate surface area is 138 Å². The molecule has 4 rings (SSSR count). The van der Waals surface area contributed by atoms with Crippen molar-refractivity contribution in [3.05, 3.63) is 33.6 Å². The number of carbonyl (C=O) groups excluding carboxylic acids is 1. The Bertz CT molecular complexity index is 681. The first-order chi connectivity index (χ1) is 10.6. The van der Waals surface area contributed by atoms with Crippen molar-refractivity contribution < 1.29 is 4.79 Å². The maximum Gasteiger partial charge on any atom is 0.228 e. The first-order valence-electron chi connectivity index (χ1n) is 7.61. The SMILES string of the molecule is Cc1ccc(N2C[C@@]3(CCN(Cc4nccs4)C3)CC2=O)s1. The summed E-state index contributed by atoms with van der Waals surface area (Å²) >= 11 is 3.43. The van der Waals surface area contributed by atoms with Gasteiger partial charge in [-0.15, -0.1) is 22.7 Å². The van der Waals surface area contributed by atoms with E-state index in [1.165, 1.54) is 9.88 Å². The normalized spacial score (nSPS) is 25.7. The molecule has 6 heteroatoms. The second kappa shape index (κ2) is 5.44. The average molecular weight is 333 g/mol. The van der Waals surface area contributed by atoms with Gasteiger partial charge in [-0.3, -0.25) is 9.69 Å². The standard InChI is InChI=1S/C16H19N3OS2/c1-12-2-3-15(22-12)19-11-16(8-14(19)20)4-6-18(10-16)9-13-17-5-7-21-13/h2-3,5,7H,4,6,8-11H2,1H3/t16-/m0/s1. The Morgan fingerprint density at radius 2 is 2.27 bits per heavy atom. The number of hydrogen-bond donors (Lipinski definition) is 0. The van der Waals surface area contributed by atoms with Gasteiger partial charge in [-0.25, -0.2) is 4.98 Å². The molecule has 22 heavy (non-hydrogen) atoms. The number of hydrogen-bond acceptors (Lipinski definition) is 5. The Balaban J connectivity index is 1.46. The van der Waals surface area contributed by atoms with E-state index in [4.69, 9.17) is 0 Å². The molecule has 2 saturated heterocycles. The second-order valence-electron chi connectivity index (χ2n) is 6.43. The van der Waals surface area contributed by atoms with Crippen molar-refractivity contribution in [2.45, 2.75) is 26.3 Å². The van der Waals surface area contributed by atoms with Gasteiger partial charge in [-0.2, -0.15) is 0 Å². The fourth-order valence-electron chi connectivity index (χ4n) is 3.62. The van der Waals surface area contributed by atoms with Gasteiger partial charge in [0.1, 0.15) is 5.01 Å². The van der Waals surface area contributed by atoms with Crippen molar-refractivity contribution in [1.82, 2.24) is 9.88 Å². The molecule has 4 heterocycles. The first kappa shape index (κ1) is 14.4. The van der Waals surface area contributed by atoms with Gasteiger partial charge >= 0.3 is 0 Å². The predicted octanol–water partition coefficient (Wildman–Crippen LogP) is 3.14. The molecule has 2 aromatic rings. The highest BCUT2D eigenvalue weighted by atomic mass is 32.1. The summed E-state index contributed by atoms with van der Waals surface area (Å²) in [5.74, 6) is 0.290. The molecule has 116 valence electrons. The molecular weight excluding hydrogens is 314 g/mol. The number of thiazole rings is 1. The van der Waals surface area contributed by atoms with Crippen molar-refractivity contribution in [3.63, 3.8) is 0 Å². The first-order valence-corrected chi connectivity index (χ1v) is 9.31. The van der Waals surface area contributed by atoms with Crippen molar-refractivity contribution in [2.24, 2.45) is 5.41 Å². The largest absolute Gasteiger partial charge is 0.303 e. The summed E-state index contributed by atoms with van der Waals surface area (Å²) in [6.45, 7) is 5.98. The van der Waals surface area contributed by atoms with Crippen LogP contribution in [0.2, 0.25) is 0 Å². The van der Waals surface area contributed by atoms with Crippen LogP contribution in [0.25, 0.3) is 0 Å². The van der Waals surface area contributed by atoms with Crippen LogP contribution >= 0.6 is 22.7 Å². The van der Waals surface area contributed by atoms with Crippen molar-refractivity contribution >= 4 is 33.6 Å². The van der Waals surface area contributed by atoms with Gasteiger partial charge < -0.3 is 4.90 Å². The maximum atomic E-state index is 12.5. The minimum Gasteiger partial charge on any atom is -0.303 e. The predicted molar refractivity (Wildman–Crippen MR) is 90.5 cm³/mol. The third kappa shape index (κ3) is 2.59. The summed E-state index contributed by atoms with van der Waals surface area (Å²) in [7, 11) is 0. The zero-order valence-electron chi connectivity index (χ0n) is 12.6. The van der Waals surface area contributed by atoms with Crippen LogP contribution in [0.3, 0.4) is 0 Å². The lowest BCUT2D eigenvalue weighted by atomic mass is 9.86. The highest BCUT2D eigenvalue weighted by molar-refractivity contribution is 7.16. The van der Waals surface area contributed by atoms with E-state index >= 15 is 0 Å². The minimum absolute atomic E-state index is 0.145. The summed E-state index contributed by atoms with van der Waals surface area (Å²) in [6, 6.07) is 4.18. The molecular formula is C16H19N3OS2. The Kier molecular flexibility index (Phi) is 3.55. The van der Waals surface area contributed by atoms with Crippen LogP contribution in [0.1, 0.15) is 22.7 Å². The monoisotopic (exact) mass is 333 g/mol. The van der Waals surface area contributed by atoms with Gasteiger partial charge in [0.25, 0.3) is 0 Å². The molecule has 0 unspecified atom stereocenters. The summed E-state index contributed by atoms with van der Waals surface area (Å²) in [4.78, 5) is 22.6. The quantitative estimate of drug-likeness (QED) is 0.866. The second-order valence-corrected chi connectivity index (χ2v) is 8.67. The fourth-order valence-corrected chi connectivity index (χ4v) is 5.16. The number of aromatic nitrogens is 1. The number of nitrogens with zero attached hydrogens (tertiary/aromatic N) is 3. The molecule has 0 bridgehead atoms. The van der Waals surface area contributed by atoms with Crippen LogP contribution in [-0.2, 0) is 11.3 Å². The summed E-state index contributed by atoms with van der Waals surface area (Å²) in [6.07, 6.45) is 3.68. The highest BCUT2D eigenvalue weighted by Gasteiger charge is 2.48. The molecule has 2 fully saturated rings. The molecule has 0 saturated carbocycles. The number of likely N-dealkylation sites (tertiary alicyclic amines) is 1. The summed E-state index contributed by atoms with van der Waals surface area (Å²) < 4.78 is 0. The number of anilines is 1. The van der Waals surface area contributed by atoms with Gasteiger partial charge in [0.2, 0.25) is 5.91 Å². The lowest BCUT2D eigenvalue weighted by molar-refractivity contribution is -0.117. The fraction of sp³-hybridized carbons (Fsp3) is 0.500. The maximum absolute atomic E-state index is 12.5. The molecule has 2 aromatic heterocycles. The van der Waals surface area contributed by atoms with E-state index in [1.807, 2.05) is 16.5 Å². The molecule has 0 radical (unpaired) electrons. The zero-order valence-corrected chi connectivity index (χ0v) is 14.3. The number of carbonyl (C=O) groups is 1. The van der Waals surface area contributed by atoms with Crippen LogP contribution in [0, 0.1) is 12.3 Å². The molecule has 2 aliphatic rings. The van der Waals surface area contributed by atoms with Crippen LogP contribution in [0.15, 0.2) is 23.7 Å². The number of aryl methyl sites for hydroxylation is 1. The zero-order chi connectivity index (χ0) is 15.2. The summed E-state index contributed by atoms with van der Waals surface area (Å²) in [5, 5.41) is 4.31. The molecule has 0 aliphatic carbocycles. The van der Waals surface area contributed by atoms with E-state index in [2.05, 4.69) is 28.9 Å². The molecule has 2 aliphatic heterocycles. The van der Waals surface area contributed by atoms with Crippen molar-refractivity contribution in [1.29, 1.82) is 0 Å². The van der Waals surface area contributed by atoms with E-state index in [1.54, 1.807) is 22.7 Å². The smallest absolute Gasteiger partial charge is 0.228 e. The molecule has 1 spiro atoms. The lowest BCUT2D eigenvalue weighted by Crippen LogP contribution is -2.30. The Morgan fingerprint density at radius 3 is 3.00 bits per heavy atom. The molecule has 1 amide bonds. The molecule has 0 aromatic carbocycles. The van der Waals surface area contributed by atoms with Crippen LogP contribution in [0.4, 0.5) is 5.00 Å². The number of rotatable bonds is 3. The third-order valence-corrected chi connectivity index (χ3v) is 6.46. The Hall–Kier alpha value is -1.24. The van der Waals surface area contributed by atoms with E-state index in [9.17, 15) is 4.79 Å². The van der Waals surface area contributed by atoms with E-state index in [-0.39, 0.29) is 11.3 Å². The molecule has 0 N–H and O–H groups in total. The van der Waals surface area contributed by atoms with E-state index < -0.39 is 0 Å². The van der Waals surface area contributed by atoms with E-state index in [0.717, 1.165) is 37.6 Å². The van der Waals surface area contributed by atoms with Crippen LogP contribution in [0.5, 0.6) is 0 Å². The van der Waals surface area contributed by atoms with Crippen molar-refractivity contribution in [2.75, 3.05) is 24.5 Å². The molecule has 4 nitrogen and oxygen atoms in total. The van der Waals surface area contributed by atoms with Crippen LogP contribution in [-0.4, -0.2) is 35.4 Å². The van der Waals surface area contributed by atoms with Gasteiger partial charge in [-0.1, -0.05) is 0 Å². The van der Waals surface area contributed by atoms with Gasteiger partial charge in [0, 0.05) is 41.4 Å². The molecule has 1 atom stereocenters. The number of thiophene rings is 1. The Morgan fingerprint density at radius 1 is 1.36 bits per heavy atom. The van der Waals surface area contributed by atoms with Gasteiger partial charge in [0.15, 0.2) is 0 Å². The summed E-state index contributed by atoms with van der Waals surface area (Å²) in [5.41, 5.74) is 0.145. The lowest BCUT2D eigenvalue weighted by Gasteiger charge is -2.23. The topological polar surface area (TPSA) is 36.4 Å².